The fourth-order valence-electron chi connectivity index (χ4n) is 2.42. The summed E-state index contributed by atoms with van der Waals surface area (Å²) in [4.78, 5) is 19.4. The summed E-state index contributed by atoms with van der Waals surface area (Å²) in [5.41, 5.74) is 10.8. The number of fused-ring (bicyclic) bond motifs is 1. The second-order valence-electron chi connectivity index (χ2n) is 5.18. The highest BCUT2D eigenvalue weighted by molar-refractivity contribution is 6.30. The largest absolute Gasteiger partial charge is 0.370 e. The molecule has 5 nitrogen and oxygen atoms in total. The van der Waals surface area contributed by atoms with Crippen molar-refractivity contribution in [1.29, 1.82) is 0 Å². The van der Waals surface area contributed by atoms with Crippen LogP contribution in [0.3, 0.4) is 0 Å². The topological polar surface area (TPSA) is 94.4 Å². The highest BCUT2D eigenvalue weighted by atomic mass is 35.5. The lowest BCUT2D eigenvalue weighted by Gasteiger charge is -2.09. The van der Waals surface area contributed by atoms with Gasteiger partial charge in [-0.2, -0.15) is 4.99 Å². The third-order valence-electron chi connectivity index (χ3n) is 3.50. The first-order chi connectivity index (χ1) is 11.9. The van der Waals surface area contributed by atoms with E-state index in [1.54, 1.807) is 0 Å². The number of nitrogens with zero attached hydrogens (tertiary/aromatic N) is 2. The summed E-state index contributed by atoms with van der Waals surface area (Å²) in [6.45, 7) is 0. The molecule has 1 heterocycles. The predicted molar refractivity (Wildman–Crippen MR) is 92.2 cm³/mol. The molecule has 0 aliphatic heterocycles. The van der Waals surface area contributed by atoms with Crippen molar-refractivity contribution in [2.45, 2.75) is 0 Å². The molecule has 0 fully saturated rings. The molecule has 0 bridgehead atoms. The van der Waals surface area contributed by atoms with Gasteiger partial charge in [-0.15, -0.1) is 0 Å². The SMILES string of the molecule is NC(N)=NC(=O)c1ccc2c(F)cnc(-c3ccc(Cl)cc3F)c2c1. The van der Waals surface area contributed by atoms with Gasteiger partial charge in [0, 0.05) is 26.9 Å². The summed E-state index contributed by atoms with van der Waals surface area (Å²) in [5.74, 6) is -2.32. The van der Waals surface area contributed by atoms with Gasteiger partial charge >= 0.3 is 0 Å². The van der Waals surface area contributed by atoms with E-state index in [1.165, 1.54) is 30.3 Å². The van der Waals surface area contributed by atoms with Crippen LogP contribution in [0.1, 0.15) is 10.4 Å². The molecule has 0 atom stereocenters. The number of rotatable bonds is 2. The molecule has 3 rings (SSSR count). The minimum absolute atomic E-state index is 0.115. The van der Waals surface area contributed by atoms with Gasteiger partial charge in [-0.05, 0) is 30.3 Å². The van der Waals surface area contributed by atoms with Crippen molar-refractivity contribution in [2.75, 3.05) is 0 Å². The van der Waals surface area contributed by atoms with E-state index >= 15 is 0 Å². The summed E-state index contributed by atoms with van der Waals surface area (Å²) in [6.07, 6.45) is 0.989. The normalized spacial score (nSPS) is 10.7. The standard InChI is InChI=1S/C17H11ClF2N4O/c18-9-2-4-11(13(19)6-9)15-12-5-8(16(25)24-17(21)22)1-3-10(12)14(20)7-23-15/h1-7H,(H4,21,22,24,25). The van der Waals surface area contributed by atoms with Gasteiger partial charge in [0.05, 0.1) is 11.9 Å². The van der Waals surface area contributed by atoms with E-state index in [-0.39, 0.29) is 32.6 Å². The molecule has 25 heavy (non-hydrogen) atoms. The van der Waals surface area contributed by atoms with Crippen molar-refractivity contribution in [3.05, 3.63) is 64.8 Å². The van der Waals surface area contributed by atoms with Crippen molar-refractivity contribution in [3.8, 4) is 11.3 Å². The van der Waals surface area contributed by atoms with Crippen LogP contribution in [0.15, 0.2) is 47.6 Å². The number of hydrogen-bond donors (Lipinski definition) is 2. The molecule has 0 saturated heterocycles. The van der Waals surface area contributed by atoms with Crippen LogP contribution in [0.2, 0.25) is 5.02 Å². The summed E-state index contributed by atoms with van der Waals surface area (Å²) in [6, 6.07) is 8.18. The summed E-state index contributed by atoms with van der Waals surface area (Å²) in [5, 5.41) is 0.648. The molecule has 8 heteroatoms. The Morgan fingerprint density at radius 1 is 1.04 bits per heavy atom. The number of halogens is 3. The number of benzene rings is 2. The number of carbonyl (C=O) groups is 1. The second kappa shape index (κ2) is 6.45. The lowest BCUT2D eigenvalue weighted by atomic mass is 10.0. The maximum absolute atomic E-state index is 14.3. The number of aromatic nitrogens is 1. The Morgan fingerprint density at radius 3 is 2.48 bits per heavy atom. The van der Waals surface area contributed by atoms with Crippen LogP contribution >= 0.6 is 11.6 Å². The third kappa shape index (κ3) is 3.27. The van der Waals surface area contributed by atoms with Crippen molar-refractivity contribution >= 4 is 34.2 Å². The molecule has 1 amide bonds. The smallest absolute Gasteiger partial charge is 0.280 e. The van der Waals surface area contributed by atoms with E-state index in [1.807, 2.05) is 0 Å². The first kappa shape index (κ1) is 16.8. The van der Waals surface area contributed by atoms with Gasteiger partial charge in [-0.1, -0.05) is 17.7 Å². The molecule has 0 spiro atoms. The van der Waals surface area contributed by atoms with Gasteiger partial charge in [-0.25, -0.2) is 8.78 Å². The molecular formula is C17H11ClF2N4O. The van der Waals surface area contributed by atoms with Crippen LogP contribution < -0.4 is 11.5 Å². The average Bonchev–Trinajstić information content (AvgIpc) is 2.55. The van der Waals surface area contributed by atoms with Crippen molar-refractivity contribution in [3.63, 3.8) is 0 Å². The number of hydrogen-bond acceptors (Lipinski definition) is 2. The lowest BCUT2D eigenvalue weighted by molar-refractivity contribution is 0.100. The van der Waals surface area contributed by atoms with E-state index in [9.17, 15) is 13.6 Å². The Hall–Kier alpha value is -3.06. The molecular weight excluding hydrogens is 350 g/mol. The Morgan fingerprint density at radius 2 is 1.80 bits per heavy atom. The molecule has 1 aromatic heterocycles. The van der Waals surface area contributed by atoms with Gasteiger partial charge < -0.3 is 11.5 Å². The Bertz CT molecular complexity index is 1030. The predicted octanol–water partition coefficient (Wildman–Crippen LogP) is 3.25. The third-order valence-corrected chi connectivity index (χ3v) is 3.74. The molecule has 2 aromatic carbocycles. The van der Waals surface area contributed by atoms with Crippen LogP contribution in [0.4, 0.5) is 8.78 Å². The van der Waals surface area contributed by atoms with Crippen molar-refractivity contribution < 1.29 is 13.6 Å². The molecule has 3 aromatic rings. The monoisotopic (exact) mass is 360 g/mol. The first-order valence-corrected chi connectivity index (χ1v) is 7.42. The number of aliphatic imine (C=N–C) groups is 1. The Kier molecular flexibility index (Phi) is 4.33. The van der Waals surface area contributed by atoms with E-state index in [0.29, 0.717) is 0 Å². The number of amides is 1. The Labute approximate surface area is 145 Å². The molecule has 0 aliphatic carbocycles. The van der Waals surface area contributed by atoms with Crippen molar-refractivity contribution in [1.82, 2.24) is 4.98 Å². The minimum Gasteiger partial charge on any atom is -0.370 e. The van der Waals surface area contributed by atoms with Gasteiger partial charge in [0.1, 0.15) is 11.6 Å². The van der Waals surface area contributed by atoms with E-state index in [2.05, 4.69) is 9.98 Å². The van der Waals surface area contributed by atoms with E-state index < -0.39 is 23.5 Å². The van der Waals surface area contributed by atoms with Crippen LogP contribution in [-0.4, -0.2) is 16.9 Å². The number of pyridine rings is 1. The molecule has 126 valence electrons. The number of guanidine groups is 1. The molecule has 0 aliphatic rings. The summed E-state index contributed by atoms with van der Waals surface area (Å²) >= 11 is 5.76. The highest BCUT2D eigenvalue weighted by Crippen LogP contribution is 2.31. The second-order valence-corrected chi connectivity index (χ2v) is 5.62. The molecule has 0 unspecified atom stereocenters. The maximum Gasteiger partial charge on any atom is 0.280 e. The first-order valence-electron chi connectivity index (χ1n) is 7.04. The minimum atomic E-state index is -0.700. The number of nitrogens with two attached hydrogens (primary N) is 2. The quantitative estimate of drug-likeness (QED) is 0.541. The van der Waals surface area contributed by atoms with Crippen LogP contribution in [0, 0.1) is 11.6 Å². The molecule has 4 N–H and O–H groups in total. The lowest BCUT2D eigenvalue weighted by Crippen LogP contribution is -2.24. The van der Waals surface area contributed by atoms with Crippen LogP contribution in [-0.2, 0) is 0 Å². The van der Waals surface area contributed by atoms with Gasteiger partial charge in [0.25, 0.3) is 5.91 Å². The van der Waals surface area contributed by atoms with E-state index in [4.69, 9.17) is 23.1 Å². The van der Waals surface area contributed by atoms with Crippen molar-refractivity contribution in [2.24, 2.45) is 16.5 Å². The zero-order valence-electron chi connectivity index (χ0n) is 12.6. The molecule has 0 saturated carbocycles. The summed E-state index contributed by atoms with van der Waals surface area (Å²) < 4.78 is 28.3. The zero-order valence-corrected chi connectivity index (χ0v) is 13.4. The van der Waals surface area contributed by atoms with Gasteiger partial charge in [0.15, 0.2) is 5.96 Å². The number of carbonyl (C=O) groups excluding carboxylic acids is 1. The van der Waals surface area contributed by atoms with Crippen LogP contribution in [0.5, 0.6) is 0 Å². The summed E-state index contributed by atoms with van der Waals surface area (Å²) in [7, 11) is 0. The van der Waals surface area contributed by atoms with Gasteiger partial charge in [0.2, 0.25) is 0 Å². The zero-order chi connectivity index (χ0) is 18.1. The van der Waals surface area contributed by atoms with Crippen LogP contribution in [0.25, 0.3) is 22.0 Å². The van der Waals surface area contributed by atoms with Gasteiger partial charge in [-0.3, -0.25) is 9.78 Å². The average molecular weight is 361 g/mol. The Balaban J connectivity index is 2.27. The fraction of sp³-hybridized carbons (Fsp3) is 0. The highest BCUT2D eigenvalue weighted by Gasteiger charge is 2.15. The van der Waals surface area contributed by atoms with E-state index in [0.717, 1.165) is 12.3 Å². The molecule has 0 radical (unpaired) electrons. The fourth-order valence-corrected chi connectivity index (χ4v) is 2.58. The maximum atomic E-state index is 14.3.